The van der Waals surface area contributed by atoms with Gasteiger partial charge in [-0.05, 0) is 37.5 Å². The van der Waals surface area contributed by atoms with Crippen LogP contribution in [-0.4, -0.2) is 33.6 Å². The van der Waals surface area contributed by atoms with Crippen LogP contribution in [-0.2, 0) is 14.8 Å². The lowest BCUT2D eigenvalue weighted by Crippen LogP contribution is -2.44. The molecule has 6 nitrogen and oxygen atoms in total. The maximum Gasteiger partial charge on any atom is 0.337 e. The highest BCUT2D eigenvalue weighted by atomic mass is 32.2. The minimum absolute atomic E-state index is 0.0875. The average molecular weight is 312 g/mol. The number of aryl methyl sites for hydroxylation is 1. The van der Waals surface area contributed by atoms with Crippen molar-refractivity contribution in [2.45, 2.75) is 43.2 Å². The Hall–Kier alpha value is -1.44. The second kappa shape index (κ2) is 6.13. The summed E-state index contributed by atoms with van der Waals surface area (Å²) in [4.78, 5) is 11.6. The van der Waals surface area contributed by atoms with Gasteiger partial charge in [0.05, 0.1) is 17.6 Å². The topological polar surface area (TPSA) is 98.5 Å². The van der Waals surface area contributed by atoms with Gasteiger partial charge in [0.2, 0.25) is 10.0 Å². The molecule has 21 heavy (non-hydrogen) atoms. The summed E-state index contributed by atoms with van der Waals surface area (Å²) in [6.07, 6.45) is 2.46. The Morgan fingerprint density at radius 3 is 2.67 bits per heavy atom. The first-order valence-corrected chi connectivity index (χ1v) is 8.30. The van der Waals surface area contributed by atoms with Gasteiger partial charge in [0, 0.05) is 12.1 Å². The molecule has 1 fully saturated rings. The number of hydrogen-bond acceptors (Lipinski definition) is 5. The Labute approximate surface area is 124 Å². The van der Waals surface area contributed by atoms with Gasteiger partial charge in [-0.2, -0.15) is 0 Å². The summed E-state index contributed by atoms with van der Waals surface area (Å²) >= 11 is 0. The maximum atomic E-state index is 12.5. The van der Waals surface area contributed by atoms with Crippen molar-refractivity contribution in [1.29, 1.82) is 0 Å². The summed E-state index contributed by atoms with van der Waals surface area (Å²) in [6, 6.07) is 4.06. The molecule has 0 radical (unpaired) electrons. The fourth-order valence-electron chi connectivity index (χ4n) is 2.53. The van der Waals surface area contributed by atoms with Crippen molar-refractivity contribution in [3.05, 3.63) is 29.3 Å². The first-order chi connectivity index (χ1) is 9.85. The first-order valence-electron chi connectivity index (χ1n) is 6.82. The molecule has 1 aromatic rings. The molecule has 0 aromatic heterocycles. The van der Waals surface area contributed by atoms with E-state index in [9.17, 15) is 13.2 Å². The Bertz CT molecular complexity index is 642. The lowest BCUT2D eigenvalue weighted by Gasteiger charge is -2.18. The van der Waals surface area contributed by atoms with Crippen LogP contribution in [0.3, 0.4) is 0 Å². The second-order valence-corrected chi connectivity index (χ2v) is 6.98. The number of nitrogens with one attached hydrogen (secondary N) is 1. The fourth-order valence-corrected chi connectivity index (χ4v) is 4.12. The summed E-state index contributed by atoms with van der Waals surface area (Å²) in [5, 5.41) is 0. The van der Waals surface area contributed by atoms with Crippen LogP contribution < -0.4 is 10.5 Å². The highest BCUT2D eigenvalue weighted by Crippen LogP contribution is 2.22. The van der Waals surface area contributed by atoms with Crippen LogP contribution in [0.25, 0.3) is 0 Å². The van der Waals surface area contributed by atoms with Crippen LogP contribution in [0.1, 0.15) is 35.2 Å². The van der Waals surface area contributed by atoms with Gasteiger partial charge < -0.3 is 10.5 Å². The molecule has 3 N–H and O–H groups in total. The summed E-state index contributed by atoms with van der Waals surface area (Å²) < 4.78 is 32.3. The maximum absolute atomic E-state index is 12.5. The molecule has 0 saturated heterocycles. The lowest BCUT2D eigenvalue weighted by atomic mass is 10.1. The standard InChI is InChI=1S/C14H20N2O4S/c1-9-6-7-10(14(17)20-2)8-13(9)21(18,19)16-12-5-3-4-11(12)15/h6-8,11-12,16H,3-5,15H2,1-2H3. The predicted molar refractivity (Wildman–Crippen MR) is 78.5 cm³/mol. The average Bonchev–Trinajstić information content (AvgIpc) is 2.83. The molecule has 1 aliphatic carbocycles. The van der Waals surface area contributed by atoms with E-state index in [2.05, 4.69) is 9.46 Å². The molecule has 1 aliphatic rings. The van der Waals surface area contributed by atoms with Crippen LogP contribution in [0.4, 0.5) is 0 Å². The van der Waals surface area contributed by atoms with E-state index in [0.29, 0.717) is 5.56 Å². The van der Waals surface area contributed by atoms with E-state index in [1.807, 2.05) is 0 Å². The predicted octanol–water partition coefficient (Wildman–Crippen LogP) is 0.940. The first kappa shape index (κ1) is 15.9. The van der Waals surface area contributed by atoms with Crippen LogP contribution in [0.5, 0.6) is 0 Å². The van der Waals surface area contributed by atoms with Crippen molar-refractivity contribution in [3.63, 3.8) is 0 Å². The zero-order valence-electron chi connectivity index (χ0n) is 12.1. The van der Waals surface area contributed by atoms with Crippen molar-refractivity contribution in [3.8, 4) is 0 Å². The van der Waals surface area contributed by atoms with Crippen molar-refractivity contribution < 1.29 is 17.9 Å². The van der Waals surface area contributed by atoms with Crippen molar-refractivity contribution in [2.24, 2.45) is 5.73 Å². The monoisotopic (exact) mass is 312 g/mol. The molecule has 1 saturated carbocycles. The molecule has 2 rings (SSSR count). The van der Waals surface area contributed by atoms with Crippen LogP contribution in [0.2, 0.25) is 0 Å². The van der Waals surface area contributed by atoms with E-state index in [0.717, 1.165) is 19.3 Å². The van der Waals surface area contributed by atoms with Gasteiger partial charge in [0.25, 0.3) is 0 Å². The highest BCUT2D eigenvalue weighted by molar-refractivity contribution is 7.89. The molecule has 2 atom stereocenters. The normalized spacial score (nSPS) is 22.2. The Morgan fingerprint density at radius 1 is 1.38 bits per heavy atom. The van der Waals surface area contributed by atoms with Gasteiger partial charge in [-0.3, -0.25) is 0 Å². The number of benzene rings is 1. The van der Waals surface area contributed by atoms with Gasteiger partial charge in [-0.15, -0.1) is 0 Å². The van der Waals surface area contributed by atoms with Gasteiger partial charge in [-0.1, -0.05) is 12.5 Å². The van der Waals surface area contributed by atoms with E-state index in [4.69, 9.17) is 5.73 Å². The van der Waals surface area contributed by atoms with Gasteiger partial charge in [-0.25, -0.2) is 17.9 Å². The number of carbonyl (C=O) groups is 1. The van der Waals surface area contributed by atoms with Gasteiger partial charge in [0.1, 0.15) is 0 Å². The Morgan fingerprint density at radius 2 is 2.10 bits per heavy atom. The van der Waals surface area contributed by atoms with E-state index in [-0.39, 0.29) is 22.5 Å². The number of rotatable bonds is 4. The smallest absolute Gasteiger partial charge is 0.337 e. The minimum Gasteiger partial charge on any atom is -0.465 e. The van der Waals surface area contributed by atoms with Crippen molar-refractivity contribution >= 4 is 16.0 Å². The summed E-state index contributed by atoms with van der Waals surface area (Å²) in [6.45, 7) is 1.68. The van der Waals surface area contributed by atoms with Crippen LogP contribution in [0.15, 0.2) is 23.1 Å². The number of carbonyl (C=O) groups excluding carboxylic acids is 1. The zero-order chi connectivity index (χ0) is 15.6. The highest BCUT2D eigenvalue weighted by Gasteiger charge is 2.29. The van der Waals surface area contributed by atoms with E-state index >= 15 is 0 Å². The number of sulfonamides is 1. The third kappa shape index (κ3) is 3.42. The fraction of sp³-hybridized carbons (Fsp3) is 0.500. The Balaban J connectivity index is 2.32. The van der Waals surface area contributed by atoms with Gasteiger partial charge >= 0.3 is 5.97 Å². The van der Waals surface area contributed by atoms with E-state index in [1.54, 1.807) is 19.1 Å². The molecule has 0 bridgehead atoms. The molecule has 1 aromatic carbocycles. The zero-order valence-corrected chi connectivity index (χ0v) is 12.9. The SMILES string of the molecule is COC(=O)c1ccc(C)c(S(=O)(=O)NC2CCCC2N)c1. The van der Waals surface area contributed by atoms with Crippen molar-refractivity contribution in [1.82, 2.24) is 4.72 Å². The molecule has 0 aliphatic heterocycles. The molecular weight excluding hydrogens is 292 g/mol. The molecule has 0 spiro atoms. The third-order valence-corrected chi connectivity index (χ3v) is 5.41. The largest absolute Gasteiger partial charge is 0.465 e. The number of hydrogen-bond donors (Lipinski definition) is 2. The Kier molecular flexibility index (Phi) is 4.65. The molecular formula is C14H20N2O4S. The third-order valence-electron chi connectivity index (χ3n) is 3.77. The van der Waals surface area contributed by atoms with Gasteiger partial charge in [0.15, 0.2) is 0 Å². The summed E-state index contributed by atoms with van der Waals surface area (Å²) in [7, 11) is -2.45. The van der Waals surface area contributed by atoms with Crippen LogP contribution in [0, 0.1) is 6.92 Å². The van der Waals surface area contributed by atoms with E-state index in [1.165, 1.54) is 13.2 Å². The summed E-state index contributed by atoms with van der Waals surface area (Å²) in [5.41, 5.74) is 6.68. The molecule has 0 amide bonds. The minimum atomic E-state index is -3.71. The number of ether oxygens (including phenoxy) is 1. The molecule has 7 heteroatoms. The quantitative estimate of drug-likeness (QED) is 0.806. The summed E-state index contributed by atoms with van der Waals surface area (Å²) in [5.74, 6) is -0.566. The van der Waals surface area contributed by atoms with Crippen molar-refractivity contribution in [2.75, 3.05) is 7.11 Å². The number of esters is 1. The number of nitrogens with two attached hydrogens (primary N) is 1. The molecule has 2 unspecified atom stereocenters. The lowest BCUT2D eigenvalue weighted by molar-refractivity contribution is 0.0600. The van der Waals surface area contributed by atoms with E-state index < -0.39 is 16.0 Å². The number of methoxy groups -OCH3 is 1. The molecule has 0 heterocycles. The van der Waals surface area contributed by atoms with Crippen LogP contribution >= 0.6 is 0 Å². The molecule has 116 valence electrons. The second-order valence-electron chi connectivity index (χ2n) is 5.29.